The third-order valence-electron chi connectivity index (χ3n) is 5.63. The van der Waals surface area contributed by atoms with Crippen molar-refractivity contribution in [2.24, 2.45) is 4.99 Å². The van der Waals surface area contributed by atoms with Crippen LogP contribution in [-0.2, 0) is 25.8 Å². The standard InChI is InChI=1S/C23H34N6O6/c30-20(19-13-17(29-35-19)9-4-5-10-24-22-25-11-6-12-26-22)27-14-18(21(31)32)28-23(33)34-15-16-7-2-1-3-8-16/h1-3,7-8,11,17-19,22,24,26,29H,4-6,9-10,12-15H2,(H,27,30)(H,28,33)(H,31,32). The number of aliphatic imine (C=N–C) groups is 1. The first-order valence-electron chi connectivity index (χ1n) is 11.9. The number of hydroxylamine groups is 1. The Bertz CT molecular complexity index is 854. The van der Waals surface area contributed by atoms with Crippen molar-refractivity contribution in [2.45, 2.75) is 63.2 Å². The molecule has 2 aliphatic heterocycles. The molecule has 3 rings (SSSR count). The normalized spacial score (nSPS) is 22.3. The van der Waals surface area contributed by atoms with Crippen molar-refractivity contribution >= 4 is 24.2 Å². The maximum Gasteiger partial charge on any atom is 0.408 e. The number of alkyl carbamates (subject to hydrolysis) is 1. The molecule has 0 radical (unpaired) electrons. The fourth-order valence-corrected chi connectivity index (χ4v) is 3.69. The Morgan fingerprint density at radius 3 is 2.80 bits per heavy atom. The van der Waals surface area contributed by atoms with Crippen molar-refractivity contribution in [3.8, 4) is 0 Å². The Hall–Kier alpha value is -3.06. The first kappa shape index (κ1) is 26.5. The molecule has 12 nitrogen and oxygen atoms in total. The number of carboxylic acid groups (broad SMARTS) is 1. The lowest BCUT2D eigenvalue weighted by atomic mass is 10.0. The molecule has 192 valence electrons. The number of aliphatic carboxylic acids is 1. The van der Waals surface area contributed by atoms with Crippen molar-refractivity contribution in [3.63, 3.8) is 0 Å². The quantitative estimate of drug-likeness (QED) is 0.213. The lowest BCUT2D eigenvalue weighted by Crippen LogP contribution is -2.50. The van der Waals surface area contributed by atoms with Crippen molar-refractivity contribution in [3.05, 3.63) is 35.9 Å². The van der Waals surface area contributed by atoms with Crippen LogP contribution in [0.2, 0.25) is 0 Å². The summed E-state index contributed by atoms with van der Waals surface area (Å²) in [6, 6.07) is 7.72. The molecule has 1 saturated heterocycles. The van der Waals surface area contributed by atoms with Gasteiger partial charge in [-0.05, 0) is 31.4 Å². The minimum absolute atomic E-state index is 0.00974. The summed E-state index contributed by atoms with van der Waals surface area (Å²) in [5.74, 6) is -1.72. The van der Waals surface area contributed by atoms with Gasteiger partial charge in [0, 0.05) is 31.8 Å². The van der Waals surface area contributed by atoms with Crippen molar-refractivity contribution in [1.82, 2.24) is 26.7 Å². The van der Waals surface area contributed by atoms with Gasteiger partial charge in [0.15, 0.2) is 12.4 Å². The maximum absolute atomic E-state index is 12.4. The third-order valence-corrected chi connectivity index (χ3v) is 5.63. The fourth-order valence-electron chi connectivity index (χ4n) is 3.69. The number of carbonyl (C=O) groups is 3. The Morgan fingerprint density at radius 2 is 2.06 bits per heavy atom. The van der Waals surface area contributed by atoms with Crippen molar-refractivity contribution < 1.29 is 29.1 Å². The summed E-state index contributed by atoms with van der Waals surface area (Å²) in [5, 5.41) is 20.8. The Balaban J connectivity index is 1.29. The van der Waals surface area contributed by atoms with E-state index in [4.69, 9.17) is 9.57 Å². The topological polar surface area (TPSA) is 162 Å². The largest absolute Gasteiger partial charge is 0.480 e. The van der Waals surface area contributed by atoms with E-state index in [1.807, 2.05) is 12.3 Å². The minimum Gasteiger partial charge on any atom is -0.480 e. The molecule has 0 aliphatic carbocycles. The predicted molar refractivity (Wildman–Crippen MR) is 127 cm³/mol. The van der Waals surface area contributed by atoms with Crippen LogP contribution in [0.5, 0.6) is 0 Å². The first-order valence-corrected chi connectivity index (χ1v) is 11.9. The van der Waals surface area contributed by atoms with E-state index in [2.05, 4.69) is 31.7 Å². The van der Waals surface area contributed by atoms with Gasteiger partial charge in [-0.3, -0.25) is 25.3 Å². The summed E-state index contributed by atoms with van der Waals surface area (Å²) in [7, 11) is 0. The molecule has 0 spiro atoms. The number of hydrogen-bond acceptors (Lipinski definition) is 9. The van der Waals surface area contributed by atoms with E-state index < -0.39 is 30.1 Å². The molecule has 2 heterocycles. The zero-order chi connectivity index (χ0) is 24.9. The van der Waals surface area contributed by atoms with Crippen LogP contribution in [-0.4, -0.2) is 73.4 Å². The van der Waals surface area contributed by atoms with Crippen LogP contribution in [0, 0.1) is 0 Å². The van der Waals surface area contributed by atoms with Gasteiger partial charge in [0.05, 0.1) is 0 Å². The van der Waals surface area contributed by atoms with Gasteiger partial charge in [-0.2, -0.15) is 5.48 Å². The molecule has 0 bridgehead atoms. The SMILES string of the molecule is O=C(NC(CNC(=O)C1CC(CCCCNC2N=CCCN2)NO1)C(=O)O)OCc1ccccc1. The second-order valence-corrected chi connectivity index (χ2v) is 8.43. The second kappa shape index (κ2) is 14.4. The van der Waals surface area contributed by atoms with Gasteiger partial charge in [0.2, 0.25) is 0 Å². The van der Waals surface area contributed by atoms with Gasteiger partial charge < -0.3 is 20.5 Å². The molecule has 12 heteroatoms. The van der Waals surface area contributed by atoms with E-state index in [-0.39, 0.29) is 25.5 Å². The van der Waals surface area contributed by atoms with Gasteiger partial charge in [-0.15, -0.1) is 0 Å². The molecule has 1 aromatic rings. The molecule has 1 fully saturated rings. The number of ether oxygens (including phenoxy) is 1. The van der Waals surface area contributed by atoms with Crippen LogP contribution in [0.3, 0.4) is 0 Å². The number of nitrogens with one attached hydrogen (secondary N) is 5. The van der Waals surface area contributed by atoms with E-state index in [0.717, 1.165) is 44.3 Å². The molecule has 35 heavy (non-hydrogen) atoms. The predicted octanol–water partition coefficient (Wildman–Crippen LogP) is 0.252. The highest BCUT2D eigenvalue weighted by atomic mass is 16.7. The molecule has 2 aliphatic rings. The average Bonchev–Trinajstić information content (AvgIpc) is 3.35. The van der Waals surface area contributed by atoms with Crippen LogP contribution in [0.1, 0.15) is 37.7 Å². The number of rotatable bonds is 13. The number of carboxylic acids is 1. The van der Waals surface area contributed by atoms with Crippen LogP contribution in [0.25, 0.3) is 0 Å². The van der Waals surface area contributed by atoms with Crippen molar-refractivity contribution in [2.75, 3.05) is 19.6 Å². The molecule has 1 aromatic carbocycles. The smallest absolute Gasteiger partial charge is 0.408 e. The lowest BCUT2D eigenvalue weighted by Gasteiger charge is -2.19. The zero-order valence-corrected chi connectivity index (χ0v) is 19.6. The Kier molecular flexibility index (Phi) is 10.9. The lowest BCUT2D eigenvalue weighted by molar-refractivity contribution is -0.139. The highest BCUT2D eigenvalue weighted by molar-refractivity contribution is 5.83. The van der Waals surface area contributed by atoms with Crippen molar-refractivity contribution in [1.29, 1.82) is 0 Å². The van der Waals surface area contributed by atoms with E-state index in [0.29, 0.717) is 6.42 Å². The van der Waals surface area contributed by atoms with Gasteiger partial charge in [-0.1, -0.05) is 36.8 Å². The fraction of sp³-hybridized carbons (Fsp3) is 0.565. The summed E-state index contributed by atoms with van der Waals surface area (Å²) >= 11 is 0. The third kappa shape index (κ3) is 9.61. The summed E-state index contributed by atoms with van der Waals surface area (Å²) in [6.07, 6.45) is 4.51. The van der Waals surface area contributed by atoms with E-state index in [9.17, 15) is 19.5 Å². The molecule has 4 atom stereocenters. The minimum atomic E-state index is -1.33. The van der Waals surface area contributed by atoms with Gasteiger partial charge in [-0.25, -0.2) is 9.59 Å². The highest BCUT2D eigenvalue weighted by Gasteiger charge is 2.31. The number of hydrogen-bond donors (Lipinski definition) is 6. The molecule has 2 amide bonds. The monoisotopic (exact) mass is 490 g/mol. The summed E-state index contributed by atoms with van der Waals surface area (Å²) in [5.41, 5.74) is 3.65. The zero-order valence-electron chi connectivity index (χ0n) is 19.6. The van der Waals surface area contributed by atoms with E-state index in [1.165, 1.54) is 0 Å². The molecular weight excluding hydrogens is 456 g/mol. The molecule has 6 N–H and O–H groups in total. The maximum atomic E-state index is 12.4. The Morgan fingerprint density at radius 1 is 1.23 bits per heavy atom. The molecule has 4 unspecified atom stereocenters. The second-order valence-electron chi connectivity index (χ2n) is 8.43. The van der Waals surface area contributed by atoms with Gasteiger partial charge in [0.25, 0.3) is 5.91 Å². The molecule has 0 aromatic heterocycles. The van der Waals surface area contributed by atoms with Gasteiger partial charge in [0.1, 0.15) is 12.6 Å². The van der Waals surface area contributed by atoms with Crippen LogP contribution >= 0.6 is 0 Å². The summed E-state index contributed by atoms with van der Waals surface area (Å²) < 4.78 is 5.04. The number of unbranched alkanes of at least 4 members (excludes halogenated alkanes) is 1. The number of nitrogens with zero attached hydrogens (tertiary/aromatic N) is 1. The highest BCUT2D eigenvalue weighted by Crippen LogP contribution is 2.16. The Labute approximate surface area is 204 Å². The van der Waals surface area contributed by atoms with E-state index >= 15 is 0 Å². The van der Waals surface area contributed by atoms with Crippen LogP contribution in [0.15, 0.2) is 35.3 Å². The molecule has 0 saturated carbocycles. The van der Waals surface area contributed by atoms with E-state index in [1.54, 1.807) is 24.3 Å². The molecular formula is C23H34N6O6. The number of amides is 2. The van der Waals surface area contributed by atoms with Gasteiger partial charge >= 0.3 is 12.1 Å². The summed E-state index contributed by atoms with van der Waals surface area (Å²) in [6.45, 7) is 1.48. The average molecular weight is 491 g/mol. The summed E-state index contributed by atoms with van der Waals surface area (Å²) in [4.78, 5) is 45.6. The van der Waals surface area contributed by atoms with Crippen LogP contribution < -0.4 is 26.7 Å². The number of benzene rings is 1. The number of carbonyl (C=O) groups excluding carboxylic acids is 2. The van der Waals surface area contributed by atoms with Crippen LogP contribution in [0.4, 0.5) is 4.79 Å². The first-order chi connectivity index (χ1) is 17.0.